The Morgan fingerprint density at radius 2 is 2.00 bits per heavy atom. The van der Waals surface area contributed by atoms with Crippen LogP contribution >= 0.6 is 0 Å². The minimum Gasteiger partial charge on any atom is -0.299 e. The number of hydrogen-bond acceptors (Lipinski definition) is 3. The maximum absolute atomic E-state index is 10.7. The summed E-state index contributed by atoms with van der Waals surface area (Å²) in [5.41, 5.74) is 0. The third-order valence-electron chi connectivity index (χ3n) is 2.61. The Balaban J connectivity index is 1.84. The van der Waals surface area contributed by atoms with Crippen molar-refractivity contribution < 1.29 is 8.42 Å². The van der Waals surface area contributed by atoms with Crippen LogP contribution < -0.4 is 9.86 Å². The normalized spacial score (nSPS) is 31.0. The second kappa shape index (κ2) is 3.20. The number of nitrogens with two attached hydrogens (primary N) is 1. The monoisotopic (exact) mass is 205 g/mol. The van der Waals surface area contributed by atoms with Gasteiger partial charge in [-0.15, -0.1) is 0 Å². The molecule has 1 saturated carbocycles. The van der Waals surface area contributed by atoms with Crippen molar-refractivity contribution in [2.24, 2.45) is 5.14 Å². The van der Waals surface area contributed by atoms with Gasteiger partial charge in [0.25, 0.3) is 10.2 Å². The molecule has 5 nitrogen and oxygen atoms in total. The molecule has 1 heterocycles. The molecule has 0 aromatic rings. The third kappa shape index (κ3) is 2.63. The van der Waals surface area contributed by atoms with Crippen LogP contribution in [-0.4, -0.2) is 38.5 Å². The van der Waals surface area contributed by atoms with E-state index in [-0.39, 0.29) is 6.04 Å². The number of likely N-dealkylation sites (tertiary alicyclic amines) is 1. The first kappa shape index (κ1) is 9.39. The van der Waals surface area contributed by atoms with Crippen molar-refractivity contribution in [1.82, 2.24) is 9.62 Å². The number of rotatable bonds is 3. The predicted octanol–water partition coefficient (Wildman–Crippen LogP) is -0.984. The standard InChI is InChI=1S/C7H15N3O2S/c8-13(11,12)9-6-3-4-10(5-6)7-1-2-7/h6-7,9H,1-5H2,(H2,8,11,12). The van der Waals surface area contributed by atoms with Gasteiger partial charge in [0, 0.05) is 25.2 Å². The van der Waals surface area contributed by atoms with Crippen LogP contribution in [0, 0.1) is 0 Å². The molecular weight excluding hydrogens is 190 g/mol. The minimum atomic E-state index is -3.51. The van der Waals surface area contributed by atoms with E-state index in [0.717, 1.165) is 19.5 Å². The van der Waals surface area contributed by atoms with E-state index in [1.165, 1.54) is 12.8 Å². The molecule has 0 amide bonds. The van der Waals surface area contributed by atoms with Gasteiger partial charge in [-0.05, 0) is 19.3 Å². The molecular formula is C7H15N3O2S. The Bertz CT molecular complexity index is 286. The Kier molecular flexibility index (Phi) is 2.31. The first-order chi connectivity index (χ1) is 6.04. The molecule has 0 aromatic heterocycles. The first-order valence-electron chi connectivity index (χ1n) is 4.59. The smallest absolute Gasteiger partial charge is 0.274 e. The topological polar surface area (TPSA) is 75.4 Å². The van der Waals surface area contributed by atoms with E-state index in [4.69, 9.17) is 5.14 Å². The average Bonchev–Trinajstić information content (AvgIpc) is 2.72. The highest BCUT2D eigenvalue weighted by Crippen LogP contribution is 2.29. The molecule has 1 unspecified atom stereocenters. The van der Waals surface area contributed by atoms with Crippen molar-refractivity contribution in [3.8, 4) is 0 Å². The molecule has 3 N–H and O–H groups in total. The van der Waals surface area contributed by atoms with E-state index < -0.39 is 10.2 Å². The summed E-state index contributed by atoms with van der Waals surface area (Å²) < 4.78 is 23.9. The Morgan fingerprint density at radius 1 is 1.31 bits per heavy atom. The fraction of sp³-hybridized carbons (Fsp3) is 1.00. The molecule has 2 aliphatic rings. The highest BCUT2D eigenvalue weighted by molar-refractivity contribution is 7.87. The molecule has 76 valence electrons. The SMILES string of the molecule is NS(=O)(=O)NC1CCN(C2CC2)C1. The van der Waals surface area contributed by atoms with Gasteiger partial charge in [-0.2, -0.15) is 13.1 Å². The van der Waals surface area contributed by atoms with Crippen molar-refractivity contribution in [3.63, 3.8) is 0 Å². The van der Waals surface area contributed by atoms with E-state index in [1.54, 1.807) is 0 Å². The Labute approximate surface area is 78.5 Å². The summed E-state index contributed by atoms with van der Waals surface area (Å²) >= 11 is 0. The zero-order chi connectivity index (χ0) is 9.47. The maximum Gasteiger partial charge on any atom is 0.274 e. The van der Waals surface area contributed by atoms with Gasteiger partial charge >= 0.3 is 0 Å². The fourth-order valence-electron chi connectivity index (χ4n) is 1.89. The minimum absolute atomic E-state index is 0.0237. The van der Waals surface area contributed by atoms with Crippen LogP contribution in [0.25, 0.3) is 0 Å². The molecule has 1 aliphatic carbocycles. The van der Waals surface area contributed by atoms with Gasteiger partial charge in [-0.1, -0.05) is 0 Å². The molecule has 6 heteroatoms. The quantitative estimate of drug-likeness (QED) is 0.621. The van der Waals surface area contributed by atoms with Crippen LogP contribution in [0.3, 0.4) is 0 Å². The molecule has 0 spiro atoms. The van der Waals surface area contributed by atoms with E-state index in [1.807, 2.05) is 0 Å². The van der Waals surface area contributed by atoms with Crippen LogP contribution in [0.1, 0.15) is 19.3 Å². The predicted molar refractivity (Wildman–Crippen MR) is 49.2 cm³/mol. The average molecular weight is 205 g/mol. The van der Waals surface area contributed by atoms with Crippen molar-refractivity contribution in [3.05, 3.63) is 0 Å². The first-order valence-corrected chi connectivity index (χ1v) is 6.13. The van der Waals surface area contributed by atoms with Gasteiger partial charge in [-0.25, -0.2) is 5.14 Å². The Hall–Kier alpha value is -0.170. The summed E-state index contributed by atoms with van der Waals surface area (Å²) in [5, 5.41) is 4.90. The molecule has 0 bridgehead atoms. The van der Waals surface area contributed by atoms with Crippen LogP contribution in [0.5, 0.6) is 0 Å². The van der Waals surface area contributed by atoms with Gasteiger partial charge in [0.2, 0.25) is 0 Å². The molecule has 0 radical (unpaired) electrons. The summed E-state index contributed by atoms with van der Waals surface area (Å²) in [7, 11) is -3.51. The van der Waals surface area contributed by atoms with Crippen molar-refractivity contribution >= 4 is 10.2 Å². The van der Waals surface area contributed by atoms with Gasteiger partial charge in [0.15, 0.2) is 0 Å². The molecule has 1 atom stereocenters. The van der Waals surface area contributed by atoms with Crippen molar-refractivity contribution in [2.45, 2.75) is 31.3 Å². The fourth-order valence-corrected chi connectivity index (χ4v) is 2.54. The summed E-state index contributed by atoms with van der Waals surface area (Å²) in [5.74, 6) is 0. The highest BCUT2D eigenvalue weighted by atomic mass is 32.2. The third-order valence-corrected chi connectivity index (χ3v) is 3.28. The summed E-state index contributed by atoms with van der Waals surface area (Å²) in [6, 6.07) is 0.739. The number of nitrogens with zero attached hydrogens (tertiary/aromatic N) is 1. The van der Waals surface area contributed by atoms with Gasteiger partial charge < -0.3 is 0 Å². The second-order valence-corrected chi connectivity index (χ2v) is 5.20. The lowest BCUT2D eigenvalue weighted by Crippen LogP contribution is -2.41. The Morgan fingerprint density at radius 3 is 2.54 bits per heavy atom. The van der Waals surface area contributed by atoms with Crippen LogP contribution in [0.15, 0.2) is 0 Å². The maximum atomic E-state index is 10.7. The molecule has 1 aliphatic heterocycles. The number of nitrogens with one attached hydrogen (secondary N) is 1. The number of hydrogen-bond donors (Lipinski definition) is 2. The zero-order valence-electron chi connectivity index (χ0n) is 7.44. The second-order valence-electron chi connectivity index (χ2n) is 3.87. The summed E-state index contributed by atoms with van der Waals surface area (Å²) in [6.45, 7) is 1.82. The van der Waals surface area contributed by atoms with Crippen molar-refractivity contribution in [1.29, 1.82) is 0 Å². The lowest BCUT2D eigenvalue weighted by atomic mass is 10.3. The molecule has 2 fully saturated rings. The van der Waals surface area contributed by atoms with Gasteiger partial charge in [0.1, 0.15) is 0 Å². The van der Waals surface area contributed by atoms with Crippen molar-refractivity contribution in [2.75, 3.05) is 13.1 Å². The van der Waals surface area contributed by atoms with Crippen LogP contribution in [0.2, 0.25) is 0 Å². The molecule has 0 aromatic carbocycles. The molecule has 2 rings (SSSR count). The van der Waals surface area contributed by atoms with Gasteiger partial charge in [0.05, 0.1) is 0 Å². The van der Waals surface area contributed by atoms with Crippen LogP contribution in [0.4, 0.5) is 0 Å². The van der Waals surface area contributed by atoms with E-state index in [0.29, 0.717) is 6.04 Å². The highest BCUT2D eigenvalue weighted by Gasteiger charge is 2.35. The lowest BCUT2D eigenvalue weighted by molar-refractivity contribution is 0.322. The van der Waals surface area contributed by atoms with E-state index >= 15 is 0 Å². The summed E-state index contributed by atoms with van der Waals surface area (Å²) in [6.07, 6.45) is 3.41. The summed E-state index contributed by atoms with van der Waals surface area (Å²) in [4.78, 5) is 2.34. The van der Waals surface area contributed by atoms with E-state index in [2.05, 4.69) is 9.62 Å². The molecule has 13 heavy (non-hydrogen) atoms. The van der Waals surface area contributed by atoms with Gasteiger partial charge in [-0.3, -0.25) is 4.90 Å². The van der Waals surface area contributed by atoms with E-state index in [9.17, 15) is 8.42 Å². The molecule has 1 saturated heterocycles. The largest absolute Gasteiger partial charge is 0.299 e. The van der Waals surface area contributed by atoms with Crippen LogP contribution in [-0.2, 0) is 10.2 Å². The lowest BCUT2D eigenvalue weighted by Gasteiger charge is -2.14. The zero-order valence-corrected chi connectivity index (χ0v) is 8.26.